The van der Waals surface area contributed by atoms with Crippen molar-refractivity contribution in [3.8, 4) is 0 Å². The van der Waals surface area contributed by atoms with Gasteiger partial charge in [0.15, 0.2) is 5.13 Å². The van der Waals surface area contributed by atoms with E-state index < -0.39 is 20.7 Å². The second-order valence-electron chi connectivity index (χ2n) is 8.52. The number of benzene rings is 1. The van der Waals surface area contributed by atoms with Gasteiger partial charge in [-0.25, -0.2) is 17.8 Å². The number of halogens is 2. The maximum Gasteiger partial charge on any atom is 0.266 e. The van der Waals surface area contributed by atoms with Gasteiger partial charge in [0.1, 0.15) is 10.7 Å². The number of thiazole rings is 1. The molecule has 2 fully saturated rings. The first-order valence-corrected chi connectivity index (χ1v) is 13.8. The van der Waals surface area contributed by atoms with E-state index >= 15 is 0 Å². The fraction of sp³-hybridized carbons (Fsp3) is 0.571. The summed E-state index contributed by atoms with van der Waals surface area (Å²) in [5.74, 6) is -0.403. The predicted octanol–water partition coefficient (Wildman–Crippen LogP) is 4.05. The minimum atomic E-state index is -4.11. The molecule has 11 heteroatoms. The third-order valence-electron chi connectivity index (χ3n) is 6.14. The summed E-state index contributed by atoms with van der Waals surface area (Å²) >= 11 is 7.42. The van der Waals surface area contributed by atoms with Crippen LogP contribution in [0, 0.1) is 11.7 Å². The van der Waals surface area contributed by atoms with Crippen LogP contribution in [0.1, 0.15) is 38.5 Å². The van der Waals surface area contributed by atoms with Gasteiger partial charge in [-0.15, -0.1) is 11.3 Å². The summed E-state index contributed by atoms with van der Waals surface area (Å²) in [6, 6.07) is 3.38. The van der Waals surface area contributed by atoms with Crippen molar-refractivity contribution in [3.63, 3.8) is 0 Å². The van der Waals surface area contributed by atoms with Gasteiger partial charge in [-0.05, 0) is 56.7 Å². The van der Waals surface area contributed by atoms with Crippen molar-refractivity contribution in [1.82, 2.24) is 15.6 Å². The van der Waals surface area contributed by atoms with E-state index in [1.807, 2.05) is 0 Å². The highest BCUT2D eigenvalue weighted by Gasteiger charge is 2.25. The monoisotopic (exact) mass is 501 g/mol. The molecule has 32 heavy (non-hydrogen) atoms. The zero-order valence-corrected chi connectivity index (χ0v) is 20.1. The quantitative estimate of drug-likeness (QED) is 0.414. The van der Waals surface area contributed by atoms with Gasteiger partial charge in [0.25, 0.3) is 10.0 Å². The summed E-state index contributed by atoms with van der Waals surface area (Å²) in [5, 5.41) is 12.4. The number of hydrogen-bond acceptors (Lipinski definition) is 7. The highest BCUT2D eigenvalue weighted by molar-refractivity contribution is 7.93. The highest BCUT2D eigenvalue weighted by atomic mass is 35.5. The van der Waals surface area contributed by atoms with Gasteiger partial charge >= 0.3 is 0 Å². The van der Waals surface area contributed by atoms with Crippen LogP contribution in [0.5, 0.6) is 0 Å². The molecule has 1 aromatic carbocycles. The molecule has 0 spiro atoms. The van der Waals surface area contributed by atoms with Crippen LogP contribution in [0.25, 0.3) is 0 Å². The average Bonchev–Trinajstić information content (AvgIpc) is 3.47. The van der Waals surface area contributed by atoms with Gasteiger partial charge in [-0.1, -0.05) is 18.0 Å². The van der Waals surface area contributed by atoms with Crippen molar-refractivity contribution in [2.75, 3.05) is 29.7 Å². The molecular weight excluding hydrogens is 473 g/mol. The number of sulfonamides is 1. The minimum absolute atomic E-state index is 0.170. The normalized spacial score (nSPS) is 23.9. The molecule has 176 valence electrons. The molecule has 2 aliphatic rings. The zero-order valence-electron chi connectivity index (χ0n) is 17.7. The zero-order chi connectivity index (χ0) is 22.6. The lowest BCUT2D eigenvalue weighted by Crippen LogP contribution is -2.42. The highest BCUT2D eigenvalue weighted by Crippen LogP contribution is 2.31. The molecule has 1 aliphatic carbocycles. The van der Waals surface area contributed by atoms with Gasteiger partial charge in [-0.3, -0.25) is 4.72 Å². The first kappa shape index (κ1) is 23.7. The van der Waals surface area contributed by atoms with Gasteiger partial charge in [0, 0.05) is 36.8 Å². The Bertz CT molecular complexity index is 1000. The number of aromatic nitrogens is 1. The van der Waals surface area contributed by atoms with E-state index in [9.17, 15) is 12.8 Å². The lowest BCUT2D eigenvalue weighted by molar-refractivity contribution is 0.289. The van der Waals surface area contributed by atoms with E-state index in [0.29, 0.717) is 30.2 Å². The van der Waals surface area contributed by atoms with Crippen molar-refractivity contribution < 1.29 is 12.8 Å². The molecule has 1 saturated heterocycles. The molecule has 0 radical (unpaired) electrons. The van der Waals surface area contributed by atoms with Crippen LogP contribution in [0.2, 0.25) is 5.02 Å². The summed E-state index contributed by atoms with van der Waals surface area (Å²) in [4.78, 5) is 3.38. The Balaban J connectivity index is 1.33. The molecule has 3 atom stereocenters. The molecule has 2 heterocycles. The van der Waals surface area contributed by atoms with Crippen molar-refractivity contribution >= 4 is 43.8 Å². The average molecular weight is 502 g/mol. The summed E-state index contributed by atoms with van der Waals surface area (Å²) in [7, 11) is -4.11. The van der Waals surface area contributed by atoms with E-state index in [2.05, 4.69) is 25.7 Å². The van der Waals surface area contributed by atoms with E-state index in [1.54, 1.807) is 5.38 Å². The largest absolute Gasteiger partial charge is 0.383 e. The summed E-state index contributed by atoms with van der Waals surface area (Å²) < 4.78 is 42.0. The molecule has 4 rings (SSSR count). The van der Waals surface area contributed by atoms with Crippen LogP contribution in [-0.2, 0) is 10.0 Å². The van der Waals surface area contributed by atoms with Crippen molar-refractivity contribution in [2.24, 2.45) is 5.92 Å². The van der Waals surface area contributed by atoms with Crippen LogP contribution < -0.4 is 20.7 Å². The molecule has 1 saturated carbocycles. The van der Waals surface area contributed by atoms with Gasteiger partial charge in [-0.2, -0.15) is 0 Å². The molecule has 4 N–H and O–H groups in total. The van der Waals surface area contributed by atoms with E-state index in [4.69, 9.17) is 11.6 Å². The van der Waals surface area contributed by atoms with Crippen LogP contribution >= 0.6 is 22.9 Å². The molecule has 0 amide bonds. The fourth-order valence-corrected chi connectivity index (χ4v) is 6.64. The molecule has 1 aliphatic heterocycles. The Labute approximate surface area is 197 Å². The van der Waals surface area contributed by atoms with Crippen molar-refractivity contribution in [3.05, 3.63) is 34.5 Å². The SMILES string of the molecule is O=S(=O)(Nc1nccs1)c1cc(Cl)c(NC[C@H]2CCC[C@@H](NC[C@@H]3CCCN3)C2)cc1F. The summed E-state index contributed by atoms with van der Waals surface area (Å²) in [6.07, 6.45) is 8.46. The van der Waals surface area contributed by atoms with Gasteiger partial charge in [0.2, 0.25) is 0 Å². The first-order chi connectivity index (χ1) is 15.4. The lowest BCUT2D eigenvalue weighted by atomic mass is 9.85. The van der Waals surface area contributed by atoms with Crippen molar-refractivity contribution in [1.29, 1.82) is 0 Å². The molecule has 0 bridgehead atoms. The smallest absolute Gasteiger partial charge is 0.266 e. The third-order valence-corrected chi connectivity index (χ3v) is 8.63. The number of nitrogens with zero attached hydrogens (tertiary/aromatic N) is 1. The van der Waals surface area contributed by atoms with Gasteiger partial charge in [0.05, 0.1) is 10.7 Å². The Morgan fingerprint density at radius 1 is 1.22 bits per heavy atom. The Kier molecular flexibility index (Phi) is 7.88. The minimum Gasteiger partial charge on any atom is -0.383 e. The summed E-state index contributed by atoms with van der Waals surface area (Å²) in [6.45, 7) is 2.79. The molecule has 2 aromatic rings. The topological polar surface area (TPSA) is 95.2 Å². The van der Waals surface area contributed by atoms with Crippen LogP contribution in [-0.4, -0.2) is 45.1 Å². The molecule has 7 nitrogen and oxygen atoms in total. The lowest BCUT2D eigenvalue weighted by Gasteiger charge is -2.31. The standard InChI is InChI=1S/C21H29ClFN5O2S2/c22-17-10-20(32(29,30)28-21-25-7-8-31-21)18(23)11-19(17)27-12-14-3-1-4-15(9-14)26-13-16-5-2-6-24-16/h7-8,10-11,14-16,24,26-27H,1-6,9,12-13H2,(H,25,28)/t14-,15+,16-/m0/s1. The van der Waals surface area contributed by atoms with Crippen LogP contribution in [0.3, 0.4) is 0 Å². The van der Waals surface area contributed by atoms with Crippen LogP contribution in [0.4, 0.5) is 15.2 Å². The maximum atomic E-state index is 14.7. The predicted molar refractivity (Wildman–Crippen MR) is 128 cm³/mol. The number of hydrogen-bond donors (Lipinski definition) is 4. The Morgan fingerprint density at radius 3 is 2.84 bits per heavy atom. The summed E-state index contributed by atoms with van der Waals surface area (Å²) in [5.41, 5.74) is 0.405. The molecular formula is C21H29ClFN5O2S2. The van der Waals surface area contributed by atoms with Crippen LogP contribution in [0.15, 0.2) is 28.6 Å². The number of rotatable bonds is 9. The van der Waals surface area contributed by atoms with E-state index in [-0.39, 0.29) is 10.2 Å². The van der Waals surface area contributed by atoms with E-state index in [0.717, 1.165) is 55.8 Å². The second kappa shape index (κ2) is 10.6. The second-order valence-corrected chi connectivity index (χ2v) is 11.5. The molecule has 0 unspecified atom stereocenters. The Morgan fingerprint density at radius 2 is 2.09 bits per heavy atom. The molecule has 1 aromatic heterocycles. The maximum absolute atomic E-state index is 14.7. The Hall–Kier alpha value is -1.46. The van der Waals surface area contributed by atoms with Crippen molar-refractivity contribution in [2.45, 2.75) is 55.5 Å². The van der Waals surface area contributed by atoms with E-state index in [1.165, 1.54) is 25.5 Å². The van der Waals surface area contributed by atoms with Gasteiger partial charge < -0.3 is 16.0 Å². The third kappa shape index (κ3) is 6.11. The first-order valence-electron chi connectivity index (χ1n) is 11.0. The number of anilines is 2. The fourth-order valence-electron chi connectivity index (χ4n) is 4.47. The number of nitrogens with one attached hydrogen (secondary N) is 4.